The van der Waals surface area contributed by atoms with Gasteiger partial charge in [0.2, 0.25) is 5.91 Å². The molecule has 0 atom stereocenters. The molecule has 0 spiro atoms. The van der Waals surface area contributed by atoms with Crippen molar-refractivity contribution in [3.63, 3.8) is 0 Å². The molecule has 0 unspecified atom stereocenters. The Hall–Kier alpha value is -3.20. The summed E-state index contributed by atoms with van der Waals surface area (Å²) >= 11 is 1.30. The lowest BCUT2D eigenvalue weighted by Crippen LogP contribution is -2.27. The molecule has 0 fully saturated rings. The number of carbonyl (C=O) groups is 2. The number of aromatic nitrogens is 3. The van der Waals surface area contributed by atoms with E-state index in [1.807, 2.05) is 42.7 Å². The second kappa shape index (κ2) is 10.7. The fourth-order valence-corrected chi connectivity index (χ4v) is 3.81. The first-order chi connectivity index (χ1) is 15.0. The molecule has 0 bridgehead atoms. The number of thioether (sulfide) groups is 1. The molecule has 3 rings (SSSR count). The van der Waals surface area contributed by atoms with Crippen molar-refractivity contribution in [1.29, 1.82) is 0 Å². The number of carbonyl (C=O) groups excluding carboxylic acids is 2. The van der Waals surface area contributed by atoms with E-state index in [1.165, 1.54) is 30.0 Å². The van der Waals surface area contributed by atoms with Gasteiger partial charge in [0.05, 0.1) is 11.3 Å². The van der Waals surface area contributed by atoms with Crippen LogP contribution < -0.4 is 10.6 Å². The van der Waals surface area contributed by atoms with Gasteiger partial charge in [0.15, 0.2) is 5.16 Å². The smallest absolute Gasteiger partial charge is 0.254 e. The van der Waals surface area contributed by atoms with Crippen molar-refractivity contribution in [2.75, 3.05) is 17.6 Å². The SMILES string of the molecule is CCn1c(CCNC(=O)c2ccccc2F)nnc1SCC(=O)Nc1ccccc1C. The van der Waals surface area contributed by atoms with Gasteiger partial charge in [0, 0.05) is 25.2 Å². The van der Waals surface area contributed by atoms with Crippen LogP contribution in [0, 0.1) is 12.7 Å². The lowest BCUT2D eigenvalue weighted by Gasteiger charge is -2.09. The molecule has 0 aliphatic carbocycles. The van der Waals surface area contributed by atoms with E-state index in [0.717, 1.165) is 11.3 Å². The Morgan fingerprint density at radius 3 is 2.58 bits per heavy atom. The van der Waals surface area contributed by atoms with Gasteiger partial charge in [-0.1, -0.05) is 42.1 Å². The standard InChI is InChI=1S/C22H24FN5O2S/c1-3-28-19(12-13-24-21(30)16-9-5-6-10-17(16)23)26-27-22(28)31-14-20(29)25-18-11-7-4-8-15(18)2/h4-11H,3,12-14H2,1-2H3,(H,24,30)(H,25,29). The van der Waals surface area contributed by atoms with Gasteiger partial charge in [0.1, 0.15) is 11.6 Å². The number of amides is 2. The normalized spacial score (nSPS) is 10.7. The number of nitrogens with zero attached hydrogens (tertiary/aromatic N) is 3. The number of anilines is 1. The lowest BCUT2D eigenvalue weighted by molar-refractivity contribution is -0.113. The molecule has 0 saturated carbocycles. The van der Waals surface area contributed by atoms with Crippen LogP contribution in [0.5, 0.6) is 0 Å². The number of benzene rings is 2. The number of rotatable bonds is 9. The Morgan fingerprint density at radius 1 is 1.10 bits per heavy atom. The van der Waals surface area contributed by atoms with Crippen LogP contribution in [0.2, 0.25) is 0 Å². The molecule has 2 amide bonds. The summed E-state index contributed by atoms with van der Waals surface area (Å²) in [5.74, 6) is -0.249. The predicted octanol–water partition coefficient (Wildman–Crippen LogP) is 3.45. The molecule has 162 valence electrons. The highest BCUT2D eigenvalue weighted by molar-refractivity contribution is 7.99. The maximum Gasteiger partial charge on any atom is 0.254 e. The zero-order valence-corrected chi connectivity index (χ0v) is 18.2. The minimum atomic E-state index is -0.556. The average molecular weight is 442 g/mol. The van der Waals surface area contributed by atoms with E-state index < -0.39 is 11.7 Å². The van der Waals surface area contributed by atoms with E-state index >= 15 is 0 Å². The summed E-state index contributed by atoms with van der Waals surface area (Å²) < 4.78 is 15.6. The van der Waals surface area contributed by atoms with Gasteiger partial charge in [-0.3, -0.25) is 9.59 Å². The quantitative estimate of drug-likeness (QED) is 0.497. The van der Waals surface area contributed by atoms with E-state index in [4.69, 9.17) is 0 Å². The predicted molar refractivity (Wildman–Crippen MR) is 119 cm³/mol. The Bertz CT molecular complexity index is 1070. The number of halogens is 1. The molecule has 0 aliphatic heterocycles. The third-order valence-electron chi connectivity index (χ3n) is 4.61. The van der Waals surface area contributed by atoms with Crippen molar-refractivity contribution in [1.82, 2.24) is 20.1 Å². The Kier molecular flexibility index (Phi) is 7.77. The van der Waals surface area contributed by atoms with Gasteiger partial charge in [0.25, 0.3) is 5.91 Å². The number of hydrogen-bond donors (Lipinski definition) is 2. The fraction of sp³-hybridized carbons (Fsp3) is 0.273. The fourth-order valence-electron chi connectivity index (χ4n) is 2.99. The van der Waals surface area contributed by atoms with E-state index in [0.29, 0.717) is 30.5 Å². The monoisotopic (exact) mass is 441 g/mol. The highest BCUT2D eigenvalue weighted by atomic mass is 32.2. The summed E-state index contributed by atoms with van der Waals surface area (Å²) in [4.78, 5) is 24.4. The van der Waals surface area contributed by atoms with Crippen molar-refractivity contribution in [2.24, 2.45) is 0 Å². The van der Waals surface area contributed by atoms with Crippen LogP contribution in [0.3, 0.4) is 0 Å². The summed E-state index contributed by atoms with van der Waals surface area (Å²) in [5, 5.41) is 14.6. The number of aryl methyl sites for hydroxylation is 1. The summed E-state index contributed by atoms with van der Waals surface area (Å²) in [6, 6.07) is 13.4. The van der Waals surface area contributed by atoms with Gasteiger partial charge in [-0.2, -0.15) is 0 Å². The molecule has 0 saturated heterocycles. The van der Waals surface area contributed by atoms with Crippen molar-refractivity contribution in [2.45, 2.75) is 32.0 Å². The van der Waals surface area contributed by atoms with Gasteiger partial charge in [-0.25, -0.2) is 4.39 Å². The largest absolute Gasteiger partial charge is 0.351 e. The number of para-hydroxylation sites is 1. The van der Waals surface area contributed by atoms with Gasteiger partial charge in [-0.15, -0.1) is 10.2 Å². The van der Waals surface area contributed by atoms with E-state index in [-0.39, 0.29) is 17.2 Å². The summed E-state index contributed by atoms with van der Waals surface area (Å²) in [7, 11) is 0. The maximum absolute atomic E-state index is 13.7. The Balaban J connectivity index is 1.53. The topological polar surface area (TPSA) is 88.9 Å². The van der Waals surface area contributed by atoms with Crippen LogP contribution in [-0.2, 0) is 17.8 Å². The maximum atomic E-state index is 13.7. The second-order valence-electron chi connectivity index (χ2n) is 6.78. The average Bonchev–Trinajstić information content (AvgIpc) is 3.16. The first kappa shape index (κ1) is 22.5. The van der Waals surface area contributed by atoms with Crippen LogP contribution in [0.1, 0.15) is 28.7 Å². The van der Waals surface area contributed by atoms with Gasteiger partial charge >= 0.3 is 0 Å². The van der Waals surface area contributed by atoms with Crippen LogP contribution in [0.4, 0.5) is 10.1 Å². The highest BCUT2D eigenvalue weighted by Crippen LogP contribution is 2.19. The lowest BCUT2D eigenvalue weighted by atomic mass is 10.2. The zero-order chi connectivity index (χ0) is 22.2. The van der Waals surface area contributed by atoms with E-state index in [9.17, 15) is 14.0 Å². The highest BCUT2D eigenvalue weighted by Gasteiger charge is 2.15. The Labute approximate surface area is 184 Å². The van der Waals surface area contributed by atoms with Crippen molar-refractivity contribution in [3.8, 4) is 0 Å². The molecule has 9 heteroatoms. The first-order valence-corrected chi connectivity index (χ1v) is 10.9. The molecular weight excluding hydrogens is 417 g/mol. The minimum Gasteiger partial charge on any atom is -0.351 e. The van der Waals surface area contributed by atoms with E-state index in [2.05, 4.69) is 20.8 Å². The summed E-state index contributed by atoms with van der Waals surface area (Å²) in [5.41, 5.74) is 1.80. The minimum absolute atomic E-state index is 0.00960. The third-order valence-corrected chi connectivity index (χ3v) is 5.58. The third kappa shape index (κ3) is 5.91. The summed E-state index contributed by atoms with van der Waals surface area (Å²) in [6.45, 7) is 4.82. The van der Waals surface area contributed by atoms with Crippen molar-refractivity contribution in [3.05, 3.63) is 71.3 Å². The van der Waals surface area contributed by atoms with Crippen molar-refractivity contribution >= 4 is 29.3 Å². The molecular formula is C22H24FN5O2S. The van der Waals surface area contributed by atoms with Crippen molar-refractivity contribution < 1.29 is 14.0 Å². The molecule has 1 aromatic heterocycles. The van der Waals surface area contributed by atoms with Gasteiger partial charge in [-0.05, 0) is 37.6 Å². The first-order valence-electron chi connectivity index (χ1n) is 9.92. The molecule has 2 N–H and O–H groups in total. The second-order valence-corrected chi connectivity index (χ2v) is 7.72. The Morgan fingerprint density at radius 2 is 1.84 bits per heavy atom. The van der Waals surface area contributed by atoms with E-state index in [1.54, 1.807) is 6.07 Å². The number of hydrogen-bond acceptors (Lipinski definition) is 5. The molecule has 0 radical (unpaired) electrons. The molecule has 3 aromatic rings. The molecule has 7 nitrogen and oxygen atoms in total. The zero-order valence-electron chi connectivity index (χ0n) is 17.4. The molecule has 31 heavy (non-hydrogen) atoms. The van der Waals surface area contributed by atoms with Gasteiger partial charge < -0.3 is 15.2 Å². The number of nitrogens with one attached hydrogen (secondary N) is 2. The van der Waals surface area contributed by atoms with Crippen LogP contribution in [-0.4, -0.2) is 38.9 Å². The van der Waals surface area contributed by atoms with Crippen LogP contribution >= 0.6 is 11.8 Å². The molecule has 0 aliphatic rings. The van der Waals surface area contributed by atoms with Crippen LogP contribution in [0.15, 0.2) is 53.7 Å². The molecule has 2 aromatic carbocycles. The van der Waals surface area contributed by atoms with Crippen LogP contribution in [0.25, 0.3) is 0 Å². The summed E-state index contributed by atoms with van der Waals surface area (Å²) in [6.07, 6.45) is 0.441. The molecule has 1 heterocycles.